The summed E-state index contributed by atoms with van der Waals surface area (Å²) in [6.45, 7) is 1.77. The molecule has 168 valence electrons. The third-order valence-corrected chi connectivity index (χ3v) is 4.72. The van der Waals surface area contributed by atoms with Gasteiger partial charge in [0.2, 0.25) is 0 Å². The predicted octanol–water partition coefficient (Wildman–Crippen LogP) is 4.15. The van der Waals surface area contributed by atoms with Crippen molar-refractivity contribution in [3.05, 3.63) is 95.1 Å². The number of aromatic carboxylic acids is 2. The van der Waals surface area contributed by atoms with E-state index in [9.17, 15) is 19.2 Å². The van der Waals surface area contributed by atoms with Gasteiger partial charge in [0.15, 0.2) is 0 Å². The van der Waals surface area contributed by atoms with Crippen LogP contribution < -0.4 is 0 Å². The van der Waals surface area contributed by atoms with Gasteiger partial charge < -0.3 is 19.7 Å². The molecular formula is C25H20O8. The SMILES string of the molecule is CC1COC(=O)c2ccc(cc2)C(=O)O1.O=C(O)c1ccccc1-c1ccccc1C(=O)O. The van der Waals surface area contributed by atoms with Gasteiger partial charge in [-0.25, -0.2) is 19.2 Å². The molecule has 0 aromatic heterocycles. The lowest BCUT2D eigenvalue weighted by Gasteiger charge is -2.15. The first-order valence-corrected chi connectivity index (χ1v) is 9.91. The standard InChI is InChI=1S/C14H10O4.C11H10O4/c15-13(16)11-7-3-1-5-9(11)10-6-2-4-8-12(10)14(17)18;1-7-6-14-10(12)8-2-4-9(5-3-8)11(13)15-7/h1-8H,(H,15,16)(H,17,18);2-5,7H,6H2,1H3. The van der Waals surface area contributed by atoms with E-state index in [-0.39, 0.29) is 17.7 Å². The number of carbonyl (C=O) groups is 4. The lowest BCUT2D eigenvalue weighted by Crippen LogP contribution is -2.23. The molecule has 2 aliphatic heterocycles. The molecule has 3 aromatic carbocycles. The highest BCUT2D eigenvalue weighted by molar-refractivity contribution is 6.02. The van der Waals surface area contributed by atoms with Crippen LogP contribution in [0.2, 0.25) is 0 Å². The quantitative estimate of drug-likeness (QED) is 0.572. The first-order valence-electron chi connectivity index (χ1n) is 9.91. The molecule has 2 heterocycles. The first-order chi connectivity index (χ1) is 15.8. The minimum atomic E-state index is -1.08. The third kappa shape index (κ3) is 5.62. The Kier molecular flexibility index (Phi) is 7.20. The molecule has 2 N–H and O–H groups in total. The molecule has 8 heteroatoms. The van der Waals surface area contributed by atoms with Crippen LogP contribution >= 0.6 is 0 Å². The van der Waals surface area contributed by atoms with Crippen molar-refractivity contribution in [3.8, 4) is 11.1 Å². The summed E-state index contributed by atoms with van der Waals surface area (Å²) < 4.78 is 9.98. The van der Waals surface area contributed by atoms with Gasteiger partial charge >= 0.3 is 23.9 Å². The fraction of sp³-hybridized carbons (Fsp3) is 0.120. The Morgan fingerprint density at radius 2 is 1.15 bits per heavy atom. The number of ether oxygens (including phenoxy) is 2. The van der Waals surface area contributed by atoms with Crippen molar-refractivity contribution in [1.29, 1.82) is 0 Å². The first kappa shape index (κ1) is 23.2. The van der Waals surface area contributed by atoms with Gasteiger partial charge in [-0.05, 0) is 54.4 Å². The number of esters is 2. The van der Waals surface area contributed by atoms with E-state index in [0.29, 0.717) is 22.3 Å². The molecule has 1 atom stereocenters. The second-order valence-electron chi connectivity index (χ2n) is 7.09. The summed E-state index contributed by atoms with van der Waals surface area (Å²) in [4.78, 5) is 45.1. The summed E-state index contributed by atoms with van der Waals surface area (Å²) in [7, 11) is 0. The monoisotopic (exact) mass is 448 g/mol. The van der Waals surface area contributed by atoms with E-state index in [1.54, 1.807) is 67.6 Å². The second-order valence-corrected chi connectivity index (χ2v) is 7.09. The van der Waals surface area contributed by atoms with Crippen molar-refractivity contribution < 1.29 is 38.9 Å². The molecule has 2 bridgehead atoms. The molecule has 2 aliphatic rings. The van der Waals surface area contributed by atoms with Crippen molar-refractivity contribution in [1.82, 2.24) is 0 Å². The molecule has 33 heavy (non-hydrogen) atoms. The van der Waals surface area contributed by atoms with Crippen LogP contribution in [0.5, 0.6) is 0 Å². The molecule has 0 saturated carbocycles. The maximum atomic E-state index is 11.5. The molecule has 0 aliphatic carbocycles. The van der Waals surface area contributed by atoms with E-state index < -0.39 is 30.0 Å². The van der Waals surface area contributed by atoms with Crippen LogP contribution in [-0.4, -0.2) is 46.8 Å². The molecule has 5 rings (SSSR count). The maximum absolute atomic E-state index is 11.5. The molecule has 0 radical (unpaired) electrons. The molecule has 0 saturated heterocycles. The van der Waals surface area contributed by atoms with Crippen LogP contribution in [0, 0.1) is 0 Å². The zero-order valence-corrected chi connectivity index (χ0v) is 17.6. The molecule has 3 aromatic rings. The van der Waals surface area contributed by atoms with Gasteiger partial charge in [-0.1, -0.05) is 36.4 Å². The minimum absolute atomic E-state index is 0.0863. The van der Waals surface area contributed by atoms with Gasteiger partial charge in [0.05, 0.1) is 22.3 Å². The number of hydrogen-bond donors (Lipinski definition) is 2. The summed E-state index contributed by atoms with van der Waals surface area (Å²) in [6.07, 6.45) is -0.421. The second kappa shape index (κ2) is 10.2. The Morgan fingerprint density at radius 1 is 0.727 bits per heavy atom. The predicted molar refractivity (Wildman–Crippen MR) is 117 cm³/mol. The van der Waals surface area contributed by atoms with Crippen LogP contribution in [-0.2, 0) is 9.47 Å². The summed E-state index contributed by atoms with van der Waals surface area (Å²) in [5, 5.41) is 18.2. The van der Waals surface area contributed by atoms with Crippen LogP contribution in [0.4, 0.5) is 0 Å². The molecule has 0 spiro atoms. The minimum Gasteiger partial charge on any atom is -0.478 e. The zero-order valence-electron chi connectivity index (χ0n) is 17.6. The lowest BCUT2D eigenvalue weighted by atomic mass is 9.95. The molecule has 0 fully saturated rings. The van der Waals surface area contributed by atoms with Crippen LogP contribution in [0.1, 0.15) is 48.4 Å². The topological polar surface area (TPSA) is 127 Å². The summed E-state index contributed by atoms with van der Waals surface area (Å²) >= 11 is 0. The number of rotatable bonds is 3. The number of carbonyl (C=O) groups excluding carboxylic acids is 2. The summed E-state index contributed by atoms with van der Waals surface area (Å²) in [5.41, 5.74) is 1.88. The largest absolute Gasteiger partial charge is 0.478 e. The lowest BCUT2D eigenvalue weighted by molar-refractivity contribution is 0.00395. The Labute approximate surface area is 189 Å². The van der Waals surface area contributed by atoms with E-state index >= 15 is 0 Å². The highest BCUT2D eigenvalue weighted by atomic mass is 16.6. The number of carboxylic acids is 2. The maximum Gasteiger partial charge on any atom is 0.338 e. The van der Waals surface area contributed by atoms with E-state index in [0.717, 1.165) is 0 Å². The van der Waals surface area contributed by atoms with Gasteiger partial charge in [-0.15, -0.1) is 0 Å². The van der Waals surface area contributed by atoms with Crippen LogP contribution in [0.15, 0.2) is 72.8 Å². The summed E-state index contributed by atoms with van der Waals surface area (Å²) in [5.74, 6) is -2.95. The van der Waals surface area contributed by atoms with Gasteiger partial charge in [0.1, 0.15) is 12.7 Å². The summed E-state index contributed by atoms with van der Waals surface area (Å²) in [6, 6.07) is 18.9. The normalized spacial score (nSPS) is 14.9. The third-order valence-electron chi connectivity index (χ3n) is 4.72. The van der Waals surface area contributed by atoms with Crippen LogP contribution in [0.3, 0.4) is 0 Å². The van der Waals surface area contributed by atoms with Gasteiger partial charge in [0, 0.05) is 0 Å². The van der Waals surface area contributed by atoms with Crippen molar-refractivity contribution >= 4 is 23.9 Å². The Bertz CT molecular complexity index is 1140. The number of fused-ring (bicyclic) bond motifs is 7. The van der Waals surface area contributed by atoms with E-state index in [1.165, 1.54) is 12.1 Å². The van der Waals surface area contributed by atoms with Gasteiger partial charge in [0.25, 0.3) is 0 Å². The molecule has 1 unspecified atom stereocenters. The highest BCUT2D eigenvalue weighted by Crippen LogP contribution is 2.27. The molecular weight excluding hydrogens is 428 g/mol. The smallest absolute Gasteiger partial charge is 0.338 e. The Morgan fingerprint density at radius 3 is 1.61 bits per heavy atom. The van der Waals surface area contributed by atoms with Crippen LogP contribution in [0.25, 0.3) is 11.1 Å². The number of benzene rings is 3. The average molecular weight is 448 g/mol. The zero-order chi connectivity index (χ0) is 24.0. The fourth-order valence-corrected chi connectivity index (χ4v) is 3.11. The number of hydrogen-bond acceptors (Lipinski definition) is 6. The van der Waals surface area contributed by atoms with Crippen molar-refractivity contribution in [2.24, 2.45) is 0 Å². The molecule has 8 nitrogen and oxygen atoms in total. The average Bonchev–Trinajstić information content (AvgIpc) is 2.82. The highest BCUT2D eigenvalue weighted by Gasteiger charge is 2.18. The Balaban J connectivity index is 0.000000189. The van der Waals surface area contributed by atoms with E-state index in [1.807, 2.05) is 0 Å². The van der Waals surface area contributed by atoms with E-state index in [4.69, 9.17) is 19.7 Å². The molecule has 0 amide bonds. The number of carboxylic acid groups (broad SMARTS) is 2. The van der Waals surface area contributed by atoms with Crippen molar-refractivity contribution in [2.75, 3.05) is 6.61 Å². The van der Waals surface area contributed by atoms with Gasteiger partial charge in [-0.3, -0.25) is 0 Å². The van der Waals surface area contributed by atoms with Crippen molar-refractivity contribution in [3.63, 3.8) is 0 Å². The van der Waals surface area contributed by atoms with E-state index in [2.05, 4.69) is 0 Å². The fourth-order valence-electron chi connectivity index (χ4n) is 3.11. The van der Waals surface area contributed by atoms with Gasteiger partial charge in [-0.2, -0.15) is 0 Å². The van der Waals surface area contributed by atoms with Crippen molar-refractivity contribution in [2.45, 2.75) is 13.0 Å². The Hall–Kier alpha value is -4.46.